The molecule has 13 heavy (non-hydrogen) atoms. The average Bonchev–Trinajstić information content (AvgIpc) is 2.84. The van der Waals surface area contributed by atoms with Crippen molar-refractivity contribution in [2.75, 3.05) is 6.54 Å². The summed E-state index contributed by atoms with van der Waals surface area (Å²) in [5.41, 5.74) is 0. The van der Waals surface area contributed by atoms with E-state index in [0.717, 1.165) is 18.0 Å². The average molecular weight is 181 g/mol. The van der Waals surface area contributed by atoms with Crippen LogP contribution in [0.5, 0.6) is 0 Å². The summed E-state index contributed by atoms with van der Waals surface area (Å²) < 4.78 is 0. The Morgan fingerprint density at radius 1 is 1.15 bits per heavy atom. The van der Waals surface area contributed by atoms with Crippen molar-refractivity contribution in [1.29, 1.82) is 0 Å². The normalized spacial score (nSPS) is 35.3. The van der Waals surface area contributed by atoms with Gasteiger partial charge >= 0.3 is 0 Å². The molecule has 0 amide bonds. The zero-order chi connectivity index (χ0) is 9.26. The molecular weight excluding hydrogens is 158 g/mol. The van der Waals surface area contributed by atoms with Gasteiger partial charge in [-0.25, -0.2) is 0 Å². The molecule has 2 aliphatic rings. The maximum absolute atomic E-state index is 2.75. The molecule has 1 aliphatic carbocycles. The van der Waals surface area contributed by atoms with E-state index in [1.54, 1.807) is 0 Å². The van der Waals surface area contributed by atoms with Crippen molar-refractivity contribution >= 4 is 0 Å². The van der Waals surface area contributed by atoms with E-state index in [1.165, 1.54) is 45.1 Å². The summed E-state index contributed by atoms with van der Waals surface area (Å²) in [4.78, 5) is 2.75. The van der Waals surface area contributed by atoms with Crippen LogP contribution in [0.15, 0.2) is 0 Å². The standard InChI is InChI=1S/C12H23N/c1-10(2)8-12-9-13(12)11-6-4-3-5-7-11/h10-12H,3-9H2,1-2H3. The molecule has 2 rings (SSSR count). The van der Waals surface area contributed by atoms with E-state index in [2.05, 4.69) is 18.7 Å². The molecule has 0 radical (unpaired) electrons. The molecule has 0 aromatic heterocycles. The molecule has 2 fully saturated rings. The second-order valence-electron chi connectivity index (χ2n) is 5.27. The van der Waals surface area contributed by atoms with Gasteiger partial charge < -0.3 is 0 Å². The third-order valence-electron chi connectivity index (χ3n) is 3.54. The summed E-state index contributed by atoms with van der Waals surface area (Å²) >= 11 is 0. The largest absolute Gasteiger partial charge is 0.295 e. The highest BCUT2D eigenvalue weighted by Crippen LogP contribution is 2.33. The Morgan fingerprint density at radius 3 is 2.46 bits per heavy atom. The molecule has 2 unspecified atom stereocenters. The molecule has 0 aromatic rings. The van der Waals surface area contributed by atoms with E-state index < -0.39 is 0 Å². The summed E-state index contributed by atoms with van der Waals surface area (Å²) in [5, 5.41) is 0. The molecule has 1 aliphatic heterocycles. The second-order valence-corrected chi connectivity index (χ2v) is 5.27. The molecular formula is C12H23N. The van der Waals surface area contributed by atoms with Crippen molar-refractivity contribution in [3.8, 4) is 0 Å². The molecule has 1 saturated carbocycles. The van der Waals surface area contributed by atoms with E-state index in [1.807, 2.05) is 0 Å². The van der Waals surface area contributed by atoms with Crippen LogP contribution in [-0.4, -0.2) is 23.5 Å². The van der Waals surface area contributed by atoms with Gasteiger partial charge in [-0.05, 0) is 25.2 Å². The summed E-state index contributed by atoms with van der Waals surface area (Å²) in [6.07, 6.45) is 8.84. The topological polar surface area (TPSA) is 3.01 Å². The Labute approximate surface area is 82.5 Å². The van der Waals surface area contributed by atoms with Crippen LogP contribution in [0.4, 0.5) is 0 Å². The number of rotatable bonds is 3. The summed E-state index contributed by atoms with van der Waals surface area (Å²) in [5.74, 6) is 0.888. The Kier molecular flexibility index (Phi) is 2.92. The van der Waals surface area contributed by atoms with E-state index in [4.69, 9.17) is 0 Å². The van der Waals surface area contributed by atoms with Gasteiger partial charge in [0.2, 0.25) is 0 Å². The number of nitrogens with zero attached hydrogens (tertiary/aromatic N) is 1. The van der Waals surface area contributed by atoms with Gasteiger partial charge in [-0.15, -0.1) is 0 Å². The first-order chi connectivity index (χ1) is 6.27. The highest BCUT2D eigenvalue weighted by atomic mass is 15.3. The number of hydrogen-bond acceptors (Lipinski definition) is 1. The van der Waals surface area contributed by atoms with E-state index in [0.29, 0.717) is 0 Å². The first kappa shape index (κ1) is 9.51. The first-order valence-corrected chi connectivity index (χ1v) is 6.03. The fourth-order valence-corrected chi connectivity index (χ4v) is 2.81. The molecule has 0 bridgehead atoms. The smallest absolute Gasteiger partial charge is 0.0229 e. The van der Waals surface area contributed by atoms with Crippen LogP contribution in [0, 0.1) is 5.92 Å². The van der Waals surface area contributed by atoms with Gasteiger partial charge in [0, 0.05) is 18.6 Å². The minimum Gasteiger partial charge on any atom is -0.295 e. The zero-order valence-corrected chi connectivity index (χ0v) is 9.13. The molecule has 0 spiro atoms. The van der Waals surface area contributed by atoms with Crippen LogP contribution >= 0.6 is 0 Å². The Hall–Kier alpha value is -0.0400. The van der Waals surface area contributed by atoms with Gasteiger partial charge in [-0.1, -0.05) is 33.1 Å². The summed E-state index contributed by atoms with van der Waals surface area (Å²) in [7, 11) is 0. The van der Waals surface area contributed by atoms with Gasteiger partial charge in [0.15, 0.2) is 0 Å². The second kappa shape index (κ2) is 4.00. The maximum Gasteiger partial charge on any atom is 0.0229 e. The Morgan fingerprint density at radius 2 is 1.85 bits per heavy atom. The van der Waals surface area contributed by atoms with Gasteiger partial charge in [-0.3, -0.25) is 4.90 Å². The van der Waals surface area contributed by atoms with Crippen molar-refractivity contribution in [2.45, 2.75) is 64.5 Å². The minimum atomic E-state index is 0.888. The number of hydrogen-bond donors (Lipinski definition) is 0. The molecule has 1 saturated heterocycles. The van der Waals surface area contributed by atoms with Crippen molar-refractivity contribution in [2.24, 2.45) is 5.92 Å². The lowest BCUT2D eigenvalue weighted by atomic mass is 9.95. The first-order valence-electron chi connectivity index (χ1n) is 6.03. The predicted molar refractivity (Wildman–Crippen MR) is 56.8 cm³/mol. The maximum atomic E-state index is 2.75. The minimum absolute atomic E-state index is 0.888. The van der Waals surface area contributed by atoms with Crippen molar-refractivity contribution in [3.63, 3.8) is 0 Å². The SMILES string of the molecule is CC(C)CC1CN1C1CCCCC1. The van der Waals surface area contributed by atoms with E-state index in [9.17, 15) is 0 Å². The molecule has 0 N–H and O–H groups in total. The fourth-order valence-electron chi connectivity index (χ4n) is 2.81. The predicted octanol–water partition coefficient (Wildman–Crippen LogP) is 3.05. The van der Waals surface area contributed by atoms with Crippen LogP contribution in [0.1, 0.15) is 52.4 Å². The van der Waals surface area contributed by atoms with Crippen molar-refractivity contribution < 1.29 is 0 Å². The molecule has 1 heteroatoms. The third kappa shape index (κ3) is 2.46. The van der Waals surface area contributed by atoms with Gasteiger partial charge in [0.25, 0.3) is 0 Å². The van der Waals surface area contributed by atoms with Crippen LogP contribution in [0.25, 0.3) is 0 Å². The van der Waals surface area contributed by atoms with E-state index in [-0.39, 0.29) is 0 Å². The Balaban J connectivity index is 1.71. The fraction of sp³-hybridized carbons (Fsp3) is 1.00. The van der Waals surface area contributed by atoms with Crippen molar-refractivity contribution in [3.05, 3.63) is 0 Å². The molecule has 2 atom stereocenters. The zero-order valence-electron chi connectivity index (χ0n) is 9.13. The van der Waals surface area contributed by atoms with Crippen LogP contribution < -0.4 is 0 Å². The molecule has 0 aromatic carbocycles. The van der Waals surface area contributed by atoms with Gasteiger partial charge in [0.1, 0.15) is 0 Å². The molecule has 76 valence electrons. The molecule has 1 nitrogen and oxygen atoms in total. The van der Waals surface area contributed by atoms with Crippen LogP contribution in [0.3, 0.4) is 0 Å². The summed E-state index contributed by atoms with van der Waals surface area (Å²) in [6, 6.07) is 1.93. The third-order valence-corrected chi connectivity index (χ3v) is 3.54. The monoisotopic (exact) mass is 181 g/mol. The quantitative estimate of drug-likeness (QED) is 0.605. The lowest BCUT2D eigenvalue weighted by Gasteiger charge is -2.23. The van der Waals surface area contributed by atoms with Gasteiger partial charge in [0.05, 0.1) is 0 Å². The van der Waals surface area contributed by atoms with Crippen LogP contribution in [0.2, 0.25) is 0 Å². The lowest BCUT2D eigenvalue weighted by molar-refractivity contribution is 0.273. The lowest BCUT2D eigenvalue weighted by Crippen LogP contribution is -2.23. The summed E-state index contributed by atoms with van der Waals surface area (Å²) in [6.45, 7) is 6.09. The van der Waals surface area contributed by atoms with Crippen molar-refractivity contribution in [1.82, 2.24) is 4.90 Å². The highest BCUT2D eigenvalue weighted by Gasteiger charge is 2.39. The van der Waals surface area contributed by atoms with E-state index >= 15 is 0 Å². The highest BCUT2D eigenvalue weighted by molar-refractivity contribution is 4.95. The Bertz CT molecular complexity index is 159. The van der Waals surface area contributed by atoms with Crippen LogP contribution in [-0.2, 0) is 0 Å². The molecule has 1 heterocycles. The van der Waals surface area contributed by atoms with Gasteiger partial charge in [-0.2, -0.15) is 0 Å².